The molecule has 1 aromatic carbocycles. The molecule has 37 heavy (non-hydrogen) atoms. The van der Waals surface area contributed by atoms with E-state index in [4.69, 9.17) is 18.6 Å². The van der Waals surface area contributed by atoms with Crippen molar-refractivity contribution >= 4 is 11.0 Å². The Hall–Kier alpha value is -2.17. The molecular weight excluding hydrogens is 464 g/mol. The third-order valence-corrected chi connectivity index (χ3v) is 6.66. The molecule has 1 aromatic heterocycles. The number of ether oxygens (including phenoxy) is 3. The first-order chi connectivity index (χ1) is 18.1. The average molecular weight is 517 g/mol. The summed E-state index contributed by atoms with van der Waals surface area (Å²) in [6.45, 7) is 9.47. The average Bonchev–Trinajstić information content (AvgIpc) is 2.88. The zero-order valence-corrected chi connectivity index (χ0v) is 24.1. The van der Waals surface area contributed by atoms with Crippen molar-refractivity contribution in [3.8, 4) is 17.2 Å². The van der Waals surface area contributed by atoms with Crippen LogP contribution >= 0.6 is 0 Å². The van der Waals surface area contributed by atoms with Gasteiger partial charge in [0.2, 0.25) is 5.75 Å². The van der Waals surface area contributed by atoms with Crippen LogP contribution in [0.3, 0.4) is 0 Å². The van der Waals surface area contributed by atoms with Crippen LogP contribution < -0.4 is 19.8 Å². The highest BCUT2D eigenvalue weighted by atomic mass is 16.5. The smallest absolute Gasteiger partial charge is 0.383 e. The van der Waals surface area contributed by atoms with E-state index in [2.05, 4.69) is 13.8 Å². The topological polar surface area (TPSA) is 57.9 Å². The molecule has 5 nitrogen and oxygen atoms in total. The van der Waals surface area contributed by atoms with Crippen LogP contribution in [0.15, 0.2) is 27.4 Å². The third kappa shape index (κ3) is 11.8. The van der Waals surface area contributed by atoms with Crippen LogP contribution in [0.25, 0.3) is 11.0 Å². The molecule has 0 amide bonds. The fraction of sp³-hybridized carbons (Fsp3) is 0.719. The van der Waals surface area contributed by atoms with E-state index < -0.39 is 5.63 Å². The third-order valence-electron chi connectivity index (χ3n) is 6.66. The molecular formula is C32H52O5. The van der Waals surface area contributed by atoms with Crippen molar-refractivity contribution in [3.05, 3.63) is 28.6 Å². The molecule has 210 valence electrons. The number of unbranched alkanes of at least 4 members (excludes halogenated alkanes) is 14. The first kappa shape index (κ1) is 31.1. The lowest BCUT2D eigenvalue weighted by atomic mass is 10.1. The van der Waals surface area contributed by atoms with Crippen LogP contribution in [-0.2, 0) is 0 Å². The molecule has 0 saturated heterocycles. The lowest BCUT2D eigenvalue weighted by Gasteiger charge is -2.17. The van der Waals surface area contributed by atoms with Gasteiger partial charge in [-0.15, -0.1) is 0 Å². The lowest BCUT2D eigenvalue weighted by Crippen LogP contribution is -2.14. The summed E-state index contributed by atoms with van der Waals surface area (Å²) >= 11 is 0. The summed E-state index contributed by atoms with van der Waals surface area (Å²) < 4.78 is 23.8. The molecule has 0 saturated carbocycles. The summed E-state index contributed by atoms with van der Waals surface area (Å²) in [7, 11) is 0. The zero-order valence-electron chi connectivity index (χ0n) is 24.1. The predicted octanol–water partition coefficient (Wildman–Crippen LogP) is 9.62. The van der Waals surface area contributed by atoms with E-state index >= 15 is 0 Å². The van der Waals surface area contributed by atoms with Crippen LogP contribution in [-0.4, -0.2) is 19.3 Å². The largest absolute Gasteiger partial charge is 0.490 e. The van der Waals surface area contributed by atoms with Crippen LogP contribution in [0, 0.1) is 0 Å². The Morgan fingerprint density at radius 3 is 1.73 bits per heavy atom. The summed E-state index contributed by atoms with van der Waals surface area (Å²) in [6.07, 6.45) is 19.6. The Morgan fingerprint density at radius 1 is 0.676 bits per heavy atom. The quantitative estimate of drug-likeness (QED) is 0.115. The van der Waals surface area contributed by atoms with E-state index in [1.54, 1.807) is 0 Å². The first-order valence-electron chi connectivity index (χ1n) is 15.1. The van der Waals surface area contributed by atoms with Gasteiger partial charge in [0.25, 0.3) is 0 Å². The van der Waals surface area contributed by atoms with Gasteiger partial charge in [0.15, 0.2) is 17.1 Å². The molecule has 2 rings (SSSR count). The second-order valence-corrected chi connectivity index (χ2v) is 10.5. The number of fused-ring (bicyclic) bond motifs is 1. The van der Waals surface area contributed by atoms with E-state index in [9.17, 15) is 4.79 Å². The fourth-order valence-electron chi connectivity index (χ4n) is 4.57. The molecule has 0 N–H and O–H groups in total. The molecule has 0 aliphatic carbocycles. The number of rotatable bonds is 22. The van der Waals surface area contributed by atoms with Gasteiger partial charge in [-0.3, -0.25) is 0 Å². The maximum atomic E-state index is 13.0. The van der Waals surface area contributed by atoms with Crippen molar-refractivity contribution < 1.29 is 18.6 Å². The molecule has 0 bridgehead atoms. The van der Waals surface area contributed by atoms with Gasteiger partial charge in [-0.25, -0.2) is 4.79 Å². The highest BCUT2D eigenvalue weighted by Gasteiger charge is 2.21. The molecule has 1 heterocycles. The zero-order chi connectivity index (χ0) is 26.7. The van der Waals surface area contributed by atoms with Gasteiger partial charge in [-0.05, 0) is 38.8 Å². The first-order valence-corrected chi connectivity index (χ1v) is 15.1. The standard InChI is InChI=1S/C32H52O5/c1-5-7-9-11-13-15-17-19-24-34-28-23-21-22-27-29(28)37-32(33)31(30(27)36-26(3)4)35-25-20-18-16-14-12-10-8-6-2/h21-23,26H,5-20,24-25H2,1-4H3. The minimum absolute atomic E-state index is 0.0997. The Balaban J connectivity index is 1.95. The van der Waals surface area contributed by atoms with Gasteiger partial charge in [0.05, 0.1) is 24.7 Å². The van der Waals surface area contributed by atoms with E-state index in [1.165, 1.54) is 77.0 Å². The Bertz CT molecular complexity index is 917. The minimum atomic E-state index is -0.508. The molecule has 0 unspecified atom stereocenters. The fourth-order valence-corrected chi connectivity index (χ4v) is 4.57. The molecule has 0 aliphatic heterocycles. The highest BCUT2D eigenvalue weighted by Crippen LogP contribution is 2.37. The van der Waals surface area contributed by atoms with Crippen molar-refractivity contribution in [2.24, 2.45) is 0 Å². The summed E-state index contributed by atoms with van der Waals surface area (Å²) in [5.41, 5.74) is -0.0759. The van der Waals surface area contributed by atoms with Crippen LogP contribution in [0.4, 0.5) is 0 Å². The molecule has 5 heteroatoms. The van der Waals surface area contributed by atoms with E-state index in [-0.39, 0.29) is 11.9 Å². The van der Waals surface area contributed by atoms with Gasteiger partial charge < -0.3 is 18.6 Å². The molecule has 0 spiro atoms. The van der Waals surface area contributed by atoms with E-state index in [0.717, 1.165) is 25.7 Å². The summed E-state index contributed by atoms with van der Waals surface area (Å²) in [5.74, 6) is 1.21. The van der Waals surface area contributed by atoms with Gasteiger partial charge in [0.1, 0.15) is 0 Å². The number of para-hydroxylation sites is 1. The number of benzene rings is 1. The molecule has 0 atom stereocenters. The van der Waals surface area contributed by atoms with Gasteiger partial charge in [0, 0.05) is 0 Å². The maximum absolute atomic E-state index is 13.0. The van der Waals surface area contributed by atoms with Crippen molar-refractivity contribution in [3.63, 3.8) is 0 Å². The van der Waals surface area contributed by atoms with Crippen LogP contribution in [0.1, 0.15) is 130 Å². The van der Waals surface area contributed by atoms with E-state index in [1.807, 2.05) is 32.0 Å². The summed E-state index contributed by atoms with van der Waals surface area (Å²) in [6, 6.07) is 5.68. The van der Waals surface area contributed by atoms with Crippen molar-refractivity contribution in [2.75, 3.05) is 13.2 Å². The minimum Gasteiger partial charge on any atom is -0.490 e. The van der Waals surface area contributed by atoms with Gasteiger partial charge >= 0.3 is 5.63 Å². The van der Waals surface area contributed by atoms with Gasteiger partial charge in [-0.1, -0.05) is 110 Å². The summed E-state index contributed by atoms with van der Waals surface area (Å²) in [4.78, 5) is 13.0. The van der Waals surface area contributed by atoms with Crippen molar-refractivity contribution in [2.45, 2.75) is 137 Å². The second-order valence-electron chi connectivity index (χ2n) is 10.5. The normalized spacial score (nSPS) is 11.4. The molecule has 0 fully saturated rings. The molecule has 2 aromatic rings. The Kier molecular flexibility index (Phi) is 15.9. The van der Waals surface area contributed by atoms with Crippen molar-refractivity contribution in [1.82, 2.24) is 0 Å². The van der Waals surface area contributed by atoms with Gasteiger partial charge in [-0.2, -0.15) is 0 Å². The monoisotopic (exact) mass is 516 g/mol. The predicted molar refractivity (Wildman–Crippen MR) is 154 cm³/mol. The van der Waals surface area contributed by atoms with E-state index in [0.29, 0.717) is 35.7 Å². The summed E-state index contributed by atoms with van der Waals surface area (Å²) in [5, 5.41) is 0.715. The lowest BCUT2D eigenvalue weighted by molar-refractivity contribution is 0.215. The highest BCUT2D eigenvalue weighted by molar-refractivity contribution is 5.89. The molecule has 0 radical (unpaired) electrons. The SMILES string of the molecule is CCCCCCCCCCOc1c(OC(C)C)c2cccc(OCCCCCCCCCC)c2oc1=O. The van der Waals surface area contributed by atoms with Crippen LogP contribution in [0.5, 0.6) is 17.2 Å². The Labute approximate surface area is 225 Å². The Morgan fingerprint density at radius 2 is 1.19 bits per heavy atom. The van der Waals surface area contributed by atoms with Crippen LogP contribution in [0.2, 0.25) is 0 Å². The molecule has 0 aliphatic rings. The van der Waals surface area contributed by atoms with Crippen molar-refractivity contribution in [1.29, 1.82) is 0 Å². The second kappa shape index (κ2) is 19.0. The number of hydrogen-bond donors (Lipinski definition) is 0. The number of hydrogen-bond acceptors (Lipinski definition) is 5. The maximum Gasteiger partial charge on any atom is 0.383 e.